The van der Waals surface area contributed by atoms with Crippen molar-refractivity contribution < 1.29 is 42.9 Å². The minimum Gasteiger partial charge on any atom is -0.488 e. The van der Waals surface area contributed by atoms with Gasteiger partial charge in [-0.25, -0.2) is 19.6 Å². The van der Waals surface area contributed by atoms with Gasteiger partial charge in [0.25, 0.3) is 0 Å². The Balaban J connectivity index is 1.06. The van der Waals surface area contributed by atoms with Gasteiger partial charge in [-0.1, -0.05) is 39.0 Å². The summed E-state index contributed by atoms with van der Waals surface area (Å²) in [5.74, 6) is 1.58. The molecule has 64 heavy (non-hydrogen) atoms. The first kappa shape index (κ1) is 44.4. The van der Waals surface area contributed by atoms with Gasteiger partial charge in [0, 0.05) is 43.7 Å². The molecule has 17 heteroatoms. The topological polar surface area (TPSA) is 202 Å². The molecule has 2 aromatic heterocycles. The van der Waals surface area contributed by atoms with Crippen LogP contribution in [0, 0.1) is 11.8 Å². The maximum atomic E-state index is 14.2. The van der Waals surface area contributed by atoms with Gasteiger partial charge in [-0.05, 0) is 84.9 Å². The average Bonchev–Trinajstić information content (AvgIpc) is 4.14. The largest absolute Gasteiger partial charge is 0.488 e. The molecular weight excluding hydrogens is 821 g/mol. The number of carbonyl (C=O) groups excluding carboxylic acids is 4. The Morgan fingerprint density at radius 1 is 0.875 bits per heavy atom. The number of rotatable bonds is 13. The van der Waals surface area contributed by atoms with Gasteiger partial charge < -0.3 is 54.1 Å². The number of benzene rings is 3. The predicted octanol–water partition coefficient (Wildman–Crippen LogP) is 6.78. The third-order valence-corrected chi connectivity index (χ3v) is 13.2. The maximum Gasteiger partial charge on any atom is 0.407 e. The summed E-state index contributed by atoms with van der Waals surface area (Å²) >= 11 is 0. The van der Waals surface area contributed by atoms with E-state index < -0.39 is 36.4 Å². The van der Waals surface area contributed by atoms with Crippen molar-refractivity contribution in [2.75, 3.05) is 41.6 Å². The van der Waals surface area contributed by atoms with Crippen LogP contribution in [0.15, 0.2) is 48.7 Å². The number of aromatic nitrogens is 4. The van der Waals surface area contributed by atoms with E-state index in [1.807, 2.05) is 37.1 Å². The van der Waals surface area contributed by atoms with Gasteiger partial charge in [0.1, 0.15) is 36.1 Å². The standard InChI is InChI=1S/C47H58N8O9/c1-9-30-12-15-36(55(30)45(57)39(24(2)3)52-46(58)62-7)42-48-20-35(50-42)28-10-13-31-29(17-28)23-64-38-19-32-27(18-33(31)38)11-14-34-41(32)51-43(49-34)37-16-26(22-60-5)21-54(37)44(56)40(25(4)61-6)53-47(59)63-8/h10-11,13-14,17-20,24-26,30,36-37,39-40H,9,12,15-16,21-23H2,1-8H3,(H,48,50)(H,49,51)(H,52,58)(H,53,59)/t25-,26+,30+,36+,37+,39+,40-/m1/s1. The van der Waals surface area contributed by atoms with Crippen LogP contribution in [0.1, 0.15) is 82.7 Å². The number of H-pyrrole nitrogens is 2. The molecule has 3 aromatic carbocycles. The molecule has 3 aliphatic rings. The lowest BCUT2D eigenvalue weighted by Crippen LogP contribution is -2.54. The van der Waals surface area contributed by atoms with E-state index in [0.717, 1.165) is 74.8 Å². The molecule has 0 radical (unpaired) electrons. The monoisotopic (exact) mass is 878 g/mol. The van der Waals surface area contributed by atoms with E-state index in [2.05, 4.69) is 57.9 Å². The van der Waals surface area contributed by atoms with Crippen LogP contribution in [0.2, 0.25) is 0 Å². The summed E-state index contributed by atoms with van der Waals surface area (Å²) in [6.07, 6.45) is 2.86. The highest BCUT2D eigenvalue weighted by atomic mass is 16.5. The molecule has 0 spiro atoms. The number of imidazole rings is 2. The van der Waals surface area contributed by atoms with Crippen molar-refractivity contribution in [2.45, 2.75) is 96.3 Å². The van der Waals surface area contributed by atoms with Gasteiger partial charge >= 0.3 is 12.2 Å². The van der Waals surface area contributed by atoms with Crippen molar-refractivity contribution in [1.82, 2.24) is 40.4 Å². The molecule has 0 saturated carbocycles. The number of alkyl carbamates (subject to hydrolysis) is 2. The lowest BCUT2D eigenvalue weighted by atomic mass is 9.92. The summed E-state index contributed by atoms with van der Waals surface area (Å²) in [6.45, 7) is 8.87. The van der Waals surface area contributed by atoms with Gasteiger partial charge in [0.05, 0.1) is 61.9 Å². The fourth-order valence-corrected chi connectivity index (χ4v) is 9.69. The lowest BCUT2D eigenvalue weighted by Gasteiger charge is -2.34. The number of methoxy groups -OCH3 is 4. The molecule has 340 valence electrons. The zero-order chi connectivity index (χ0) is 45.4. The molecule has 3 aliphatic heterocycles. The number of nitrogens with zero attached hydrogens (tertiary/aromatic N) is 4. The van der Waals surface area contributed by atoms with Gasteiger partial charge in [0.15, 0.2) is 0 Å². The van der Waals surface area contributed by atoms with E-state index in [4.69, 9.17) is 33.7 Å². The first-order valence-electron chi connectivity index (χ1n) is 22.0. The third kappa shape index (κ3) is 8.33. The van der Waals surface area contributed by atoms with Crippen molar-refractivity contribution in [3.8, 4) is 28.1 Å². The molecule has 5 aromatic rings. The van der Waals surface area contributed by atoms with E-state index in [1.54, 1.807) is 18.9 Å². The number of hydrogen-bond donors (Lipinski definition) is 4. The van der Waals surface area contributed by atoms with Crippen LogP contribution in [-0.4, -0.2) is 120 Å². The molecule has 0 aliphatic carbocycles. The number of carbonyl (C=O) groups is 4. The second-order valence-corrected chi connectivity index (χ2v) is 17.4. The molecule has 8 rings (SSSR count). The second kappa shape index (κ2) is 18.5. The van der Waals surface area contributed by atoms with Crippen molar-refractivity contribution >= 4 is 45.8 Å². The van der Waals surface area contributed by atoms with E-state index in [0.29, 0.717) is 37.8 Å². The summed E-state index contributed by atoms with van der Waals surface area (Å²) in [6, 6.07) is 12.2. The van der Waals surface area contributed by atoms with Crippen LogP contribution in [0.4, 0.5) is 9.59 Å². The number of ether oxygens (including phenoxy) is 5. The molecule has 2 fully saturated rings. The van der Waals surface area contributed by atoms with E-state index in [9.17, 15) is 19.2 Å². The summed E-state index contributed by atoms with van der Waals surface area (Å²) < 4.78 is 27.1. The van der Waals surface area contributed by atoms with Gasteiger partial charge in [-0.3, -0.25) is 9.59 Å². The number of likely N-dealkylation sites (tertiary alicyclic amines) is 2. The molecule has 2 saturated heterocycles. The molecule has 7 atom stereocenters. The summed E-state index contributed by atoms with van der Waals surface area (Å²) in [7, 11) is 5.69. The van der Waals surface area contributed by atoms with Crippen molar-refractivity contribution in [3.63, 3.8) is 0 Å². The zero-order valence-electron chi connectivity index (χ0n) is 37.7. The van der Waals surface area contributed by atoms with Crippen molar-refractivity contribution in [2.24, 2.45) is 11.8 Å². The fraction of sp³-hybridized carbons (Fsp3) is 0.489. The quantitative estimate of drug-likeness (QED) is 0.0971. The van der Waals surface area contributed by atoms with E-state index >= 15 is 0 Å². The average molecular weight is 879 g/mol. The Morgan fingerprint density at radius 3 is 2.34 bits per heavy atom. The maximum absolute atomic E-state index is 14.2. The fourth-order valence-electron chi connectivity index (χ4n) is 9.69. The van der Waals surface area contributed by atoms with Gasteiger partial charge in [-0.2, -0.15) is 0 Å². The summed E-state index contributed by atoms with van der Waals surface area (Å²) in [5.41, 5.74) is 6.43. The molecule has 0 bridgehead atoms. The molecule has 5 heterocycles. The predicted molar refractivity (Wildman–Crippen MR) is 238 cm³/mol. The van der Waals surface area contributed by atoms with E-state index in [-0.39, 0.29) is 35.7 Å². The minimum atomic E-state index is -0.971. The Bertz CT molecular complexity index is 2550. The molecule has 0 unspecified atom stereocenters. The van der Waals surface area contributed by atoms with Gasteiger partial charge in [-0.15, -0.1) is 0 Å². The van der Waals surface area contributed by atoms with Crippen LogP contribution in [0.5, 0.6) is 5.75 Å². The lowest BCUT2D eigenvalue weighted by molar-refractivity contribution is -0.138. The molecular formula is C47H58N8O9. The Labute approximate surface area is 371 Å². The summed E-state index contributed by atoms with van der Waals surface area (Å²) in [4.78, 5) is 73.3. The normalized spacial score (nSPS) is 20.7. The van der Waals surface area contributed by atoms with Crippen LogP contribution < -0.4 is 15.4 Å². The third-order valence-electron chi connectivity index (χ3n) is 13.2. The molecule has 4 N–H and O–H groups in total. The first-order valence-corrected chi connectivity index (χ1v) is 22.0. The number of hydrogen-bond acceptors (Lipinski definition) is 11. The first-order chi connectivity index (χ1) is 30.9. The van der Waals surface area contributed by atoms with Crippen molar-refractivity contribution in [1.29, 1.82) is 0 Å². The summed E-state index contributed by atoms with van der Waals surface area (Å²) in [5, 5.41) is 7.31. The highest BCUT2D eigenvalue weighted by Gasteiger charge is 2.44. The number of fused-ring (bicyclic) bond motifs is 6. The second-order valence-electron chi connectivity index (χ2n) is 17.4. The molecule has 17 nitrogen and oxygen atoms in total. The van der Waals surface area contributed by atoms with Crippen LogP contribution in [0.25, 0.3) is 44.2 Å². The zero-order valence-corrected chi connectivity index (χ0v) is 37.7. The Kier molecular flexibility index (Phi) is 12.8. The Morgan fingerprint density at radius 2 is 1.64 bits per heavy atom. The minimum absolute atomic E-state index is 0.0266. The number of aromatic amines is 2. The van der Waals surface area contributed by atoms with Crippen molar-refractivity contribution in [3.05, 3.63) is 65.9 Å². The SMILES string of the molecule is CC[C@H]1CC[C@@H](c2ncc(-c3ccc4c(c3)COc3cc5c(ccc6[nH]c([C@@H]7C[C@H](COC)CN7C(=O)[C@H](NC(=O)OC)[C@@H](C)OC)nc65)cc3-4)[nH]2)N1C(=O)[C@@H](NC(=O)OC)C(C)C. The molecule has 4 amide bonds. The Hall–Kier alpha value is -6.20. The van der Waals surface area contributed by atoms with Crippen LogP contribution in [-0.2, 0) is 35.1 Å². The van der Waals surface area contributed by atoms with Crippen LogP contribution >= 0.6 is 0 Å². The highest BCUT2D eigenvalue weighted by molar-refractivity contribution is 6.07. The smallest absolute Gasteiger partial charge is 0.407 e. The number of nitrogens with one attached hydrogen (secondary N) is 4. The number of amides is 4. The van der Waals surface area contributed by atoms with E-state index in [1.165, 1.54) is 21.3 Å². The highest BCUT2D eigenvalue weighted by Crippen LogP contribution is 2.44. The van der Waals surface area contributed by atoms with Gasteiger partial charge in [0.2, 0.25) is 11.8 Å². The van der Waals surface area contributed by atoms with Crippen LogP contribution in [0.3, 0.4) is 0 Å².